The molecule has 0 bridgehead atoms. The van der Waals surface area contributed by atoms with Crippen molar-refractivity contribution < 1.29 is 4.79 Å². The number of aryl methyl sites for hydroxylation is 3. The van der Waals surface area contributed by atoms with E-state index in [1.54, 1.807) is 11.8 Å². The Kier molecular flexibility index (Phi) is 3.37. The molecule has 1 amide bonds. The minimum Gasteiger partial charge on any atom is -0.354 e. The van der Waals surface area contributed by atoms with Crippen LogP contribution < -0.4 is 5.56 Å². The van der Waals surface area contributed by atoms with Gasteiger partial charge in [-0.2, -0.15) is 0 Å². The molecule has 0 radical (unpaired) electrons. The van der Waals surface area contributed by atoms with E-state index in [0.29, 0.717) is 37.3 Å². The molecule has 2 aromatic rings. The van der Waals surface area contributed by atoms with Crippen LogP contribution in [0.2, 0.25) is 0 Å². The lowest BCUT2D eigenvalue weighted by Gasteiger charge is -2.14. The molecule has 1 aliphatic heterocycles. The quantitative estimate of drug-likeness (QED) is 0.911. The molecular formula is C15H18N4O2. The SMILES string of the molecule is Cc1nc2c(c(=O)[nH]1)CN(C(=O)CCc1cccn1C)C2. The van der Waals surface area contributed by atoms with Gasteiger partial charge in [0.25, 0.3) is 5.56 Å². The Morgan fingerprint density at radius 2 is 2.24 bits per heavy atom. The first-order valence-electron chi connectivity index (χ1n) is 7.01. The lowest BCUT2D eigenvalue weighted by Crippen LogP contribution is -2.26. The average molecular weight is 286 g/mol. The van der Waals surface area contributed by atoms with Crippen LogP contribution in [0.5, 0.6) is 0 Å². The van der Waals surface area contributed by atoms with Crippen molar-refractivity contribution in [3.63, 3.8) is 0 Å². The highest BCUT2D eigenvalue weighted by Gasteiger charge is 2.26. The highest BCUT2D eigenvalue weighted by Crippen LogP contribution is 2.19. The van der Waals surface area contributed by atoms with Crippen LogP contribution in [0.15, 0.2) is 23.1 Å². The van der Waals surface area contributed by atoms with Crippen molar-refractivity contribution in [1.82, 2.24) is 19.4 Å². The van der Waals surface area contributed by atoms with Crippen LogP contribution in [0.1, 0.15) is 29.2 Å². The predicted molar refractivity (Wildman–Crippen MR) is 77.6 cm³/mol. The van der Waals surface area contributed by atoms with Gasteiger partial charge in [-0.25, -0.2) is 4.98 Å². The molecule has 0 fully saturated rings. The number of rotatable bonds is 3. The minimum atomic E-state index is -0.129. The highest BCUT2D eigenvalue weighted by molar-refractivity contribution is 5.77. The lowest BCUT2D eigenvalue weighted by atomic mass is 10.2. The first-order chi connectivity index (χ1) is 10.0. The smallest absolute Gasteiger partial charge is 0.256 e. The summed E-state index contributed by atoms with van der Waals surface area (Å²) in [6.45, 7) is 2.55. The maximum absolute atomic E-state index is 12.3. The molecule has 6 nitrogen and oxygen atoms in total. The largest absolute Gasteiger partial charge is 0.354 e. The molecule has 0 spiro atoms. The number of amides is 1. The molecule has 6 heteroatoms. The molecule has 0 saturated carbocycles. The zero-order valence-corrected chi connectivity index (χ0v) is 12.2. The first kappa shape index (κ1) is 13.6. The van der Waals surface area contributed by atoms with E-state index in [1.807, 2.05) is 29.9 Å². The van der Waals surface area contributed by atoms with Crippen LogP contribution in [-0.4, -0.2) is 25.3 Å². The predicted octanol–water partition coefficient (Wildman–Crippen LogP) is 0.892. The lowest BCUT2D eigenvalue weighted by molar-refractivity contribution is -0.131. The van der Waals surface area contributed by atoms with Crippen LogP contribution in [0.25, 0.3) is 0 Å². The van der Waals surface area contributed by atoms with Crippen molar-refractivity contribution in [3.8, 4) is 0 Å². The maximum atomic E-state index is 12.3. The second-order valence-electron chi connectivity index (χ2n) is 5.44. The number of aromatic amines is 1. The van der Waals surface area contributed by atoms with E-state index in [9.17, 15) is 9.59 Å². The molecule has 3 heterocycles. The number of nitrogens with one attached hydrogen (secondary N) is 1. The highest BCUT2D eigenvalue weighted by atomic mass is 16.2. The van der Waals surface area contributed by atoms with Crippen molar-refractivity contribution >= 4 is 5.91 Å². The van der Waals surface area contributed by atoms with E-state index in [1.165, 1.54) is 0 Å². The number of nitrogens with zero attached hydrogens (tertiary/aromatic N) is 3. The van der Waals surface area contributed by atoms with E-state index in [-0.39, 0.29) is 11.5 Å². The van der Waals surface area contributed by atoms with Gasteiger partial charge < -0.3 is 14.5 Å². The van der Waals surface area contributed by atoms with Gasteiger partial charge in [0.15, 0.2) is 0 Å². The summed E-state index contributed by atoms with van der Waals surface area (Å²) in [6.07, 6.45) is 3.12. The normalized spacial score (nSPS) is 13.5. The molecule has 1 aliphatic rings. The Bertz CT molecular complexity index is 744. The second kappa shape index (κ2) is 5.20. The fourth-order valence-electron chi connectivity index (χ4n) is 2.72. The standard InChI is InChI=1S/C15H18N4O2/c1-10-16-13-9-19(8-12(13)15(21)17-10)14(20)6-5-11-4-3-7-18(11)2/h3-4,7H,5-6,8-9H2,1-2H3,(H,16,17,21). The molecule has 2 aromatic heterocycles. The fraction of sp³-hybridized carbons (Fsp3) is 0.400. The molecule has 0 aliphatic carbocycles. The summed E-state index contributed by atoms with van der Waals surface area (Å²) in [5.41, 5.74) is 2.35. The summed E-state index contributed by atoms with van der Waals surface area (Å²) >= 11 is 0. The molecule has 3 rings (SSSR count). The van der Waals surface area contributed by atoms with Gasteiger partial charge in [-0.05, 0) is 25.5 Å². The molecule has 1 N–H and O–H groups in total. The summed E-state index contributed by atoms with van der Waals surface area (Å²) in [4.78, 5) is 32.9. The Morgan fingerprint density at radius 3 is 2.95 bits per heavy atom. The fourth-order valence-corrected chi connectivity index (χ4v) is 2.72. The Morgan fingerprint density at radius 1 is 1.43 bits per heavy atom. The van der Waals surface area contributed by atoms with Gasteiger partial charge >= 0.3 is 0 Å². The monoisotopic (exact) mass is 286 g/mol. The van der Waals surface area contributed by atoms with Gasteiger partial charge in [0.2, 0.25) is 5.91 Å². The summed E-state index contributed by atoms with van der Waals surface area (Å²) < 4.78 is 2.02. The number of H-pyrrole nitrogens is 1. The number of fused-ring (bicyclic) bond motifs is 1. The van der Waals surface area contributed by atoms with E-state index in [0.717, 1.165) is 11.4 Å². The average Bonchev–Trinajstić information content (AvgIpc) is 3.02. The van der Waals surface area contributed by atoms with Crippen molar-refractivity contribution in [3.05, 3.63) is 51.5 Å². The van der Waals surface area contributed by atoms with Gasteiger partial charge in [0.05, 0.1) is 24.3 Å². The van der Waals surface area contributed by atoms with E-state index in [2.05, 4.69) is 9.97 Å². The molecule has 0 saturated heterocycles. The maximum Gasteiger partial charge on any atom is 0.256 e. The number of carbonyl (C=O) groups excluding carboxylic acids is 1. The number of hydrogen-bond acceptors (Lipinski definition) is 3. The van der Waals surface area contributed by atoms with Crippen LogP contribution in [0, 0.1) is 6.92 Å². The zero-order valence-electron chi connectivity index (χ0n) is 12.2. The topological polar surface area (TPSA) is 71.0 Å². The molecule has 21 heavy (non-hydrogen) atoms. The van der Waals surface area contributed by atoms with Crippen molar-refractivity contribution in [1.29, 1.82) is 0 Å². The Labute approximate surface area is 122 Å². The van der Waals surface area contributed by atoms with Crippen LogP contribution >= 0.6 is 0 Å². The van der Waals surface area contributed by atoms with Gasteiger partial charge in [-0.3, -0.25) is 9.59 Å². The number of aromatic nitrogens is 3. The molecule has 0 aromatic carbocycles. The first-order valence-corrected chi connectivity index (χ1v) is 7.01. The Hall–Kier alpha value is -2.37. The van der Waals surface area contributed by atoms with E-state index < -0.39 is 0 Å². The molecule has 0 unspecified atom stereocenters. The number of hydrogen-bond donors (Lipinski definition) is 1. The van der Waals surface area contributed by atoms with Crippen molar-refractivity contribution in [2.24, 2.45) is 7.05 Å². The van der Waals surface area contributed by atoms with E-state index >= 15 is 0 Å². The third-order valence-corrected chi connectivity index (χ3v) is 3.91. The summed E-state index contributed by atoms with van der Waals surface area (Å²) in [5, 5.41) is 0. The summed E-state index contributed by atoms with van der Waals surface area (Å²) in [7, 11) is 1.97. The zero-order chi connectivity index (χ0) is 15.0. The van der Waals surface area contributed by atoms with Crippen LogP contribution in [0.3, 0.4) is 0 Å². The van der Waals surface area contributed by atoms with Gasteiger partial charge in [-0.1, -0.05) is 0 Å². The van der Waals surface area contributed by atoms with Gasteiger partial charge in [0.1, 0.15) is 5.82 Å². The second-order valence-corrected chi connectivity index (χ2v) is 5.44. The molecule has 0 atom stereocenters. The third-order valence-electron chi connectivity index (χ3n) is 3.91. The van der Waals surface area contributed by atoms with Crippen LogP contribution in [-0.2, 0) is 31.4 Å². The van der Waals surface area contributed by atoms with Crippen molar-refractivity contribution in [2.45, 2.75) is 32.9 Å². The minimum absolute atomic E-state index is 0.0613. The van der Waals surface area contributed by atoms with Crippen LogP contribution in [0.4, 0.5) is 0 Å². The summed E-state index contributed by atoms with van der Waals surface area (Å²) in [6, 6.07) is 3.99. The van der Waals surface area contributed by atoms with Gasteiger partial charge in [-0.15, -0.1) is 0 Å². The van der Waals surface area contributed by atoms with Gasteiger partial charge in [0, 0.05) is 25.4 Å². The molecular weight excluding hydrogens is 268 g/mol. The molecule has 110 valence electrons. The number of carbonyl (C=O) groups is 1. The Balaban J connectivity index is 1.67. The van der Waals surface area contributed by atoms with E-state index in [4.69, 9.17) is 0 Å². The van der Waals surface area contributed by atoms with Crippen molar-refractivity contribution in [2.75, 3.05) is 0 Å². The summed E-state index contributed by atoms with van der Waals surface area (Å²) in [5.74, 6) is 0.656. The third kappa shape index (κ3) is 2.61.